The second kappa shape index (κ2) is 5.95. The summed E-state index contributed by atoms with van der Waals surface area (Å²) in [5.74, 6) is 0.960. The molecule has 1 aromatic rings. The molecule has 1 saturated heterocycles. The molecule has 2 heterocycles. The van der Waals surface area contributed by atoms with Crippen molar-refractivity contribution >= 4 is 27.3 Å². The minimum atomic E-state index is 0.429. The molecule has 1 N–H and O–H groups in total. The van der Waals surface area contributed by atoms with Crippen LogP contribution in [0.5, 0.6) is 0 Å². The molecule has 1 unspecified atom stereocenters. The van der Waals surface area contributed by atoms with Gasteiger partial charge in [-0.1, -0.05) is 19.3 Å². The maximum atomic E-state index is 3.98. The molecule has 1 aromatic heterocycles. The van der Waals surface area contributed by atoms with Crippen molar-refractivity contribution in [1.82, 2.24) is 10.2 Å². The molecule has 116 valence electrons. The zero-order valence-electron chi connectivity index (χ0n) is 12.6. The highest BCUT2D eigenvalue weighted by atomic mass is 79.9. The first-order valence-electron chi connectivity index (χ1n) is 8.47. The van der Waals surface area contributed by atoms with E-state index >= 15 is 0 Å². The lowest BCUT2D eigenvalue weighted by molar-refractivity contribution is 0.0415. The standard InChI is InChI=1S/C17H25BrN2S/c18-16-7-6-14(21-16)11-20-12-17(8-2-1-3-9-17)19-10-15(20)13-4-5-13/h6-7,13,15,19H,1-5,8-12H2. The second-order valence-corrected chi connectivity index (χ2v) is 9.79. The average Bonchev–Trinajstić information content (AvgIpc) is 3.23. The summed E-state index contributed by atoms with van der Waals surface area (Å²) >= 11 is 5.52. The van der Waals surface area contributed by atoms with Crippen LogP contribution in [-0.4, -0.2) is 29.6 Å². The second-order valence-electron chi connectivity index (χ2n) is 7.24. The highest BCUT2D eigenvalue weighted by Gasteiger charge is 2.44. The third-order valence-electron chi connectivity index (χ3n) is 5.63. The first-order valence-corrected chi connectivity index (χ1v) is 10.1. The molecular formula is C17H25BrN2S. The van der Waals surface area contributed by atoms with Gasteiger partial charge in [0.15, 0.2) is 0 Å². The van der Waals surface area contributed by atoms with Crippen molar-refractivity contribution in [2.24, 2.45) is 5.92 Å². The Labute approximate surface area is 140 Å². The number of hydrogen-bond acceptors (Lipinski definition) is 3. The maximum Gasteiger partial charge on any atom is 0.0701 e. The first-order chi connectivity index (χ1) is 10.2. The molecule has 0 bridgehead atoms. The number of rotatable bonds is 3. The number of halogens is 1. The number of nitrogens with one attached hydrogen (secondary N) is 1. The van der Waals surface area contributed by atoms with Crippen molar-refractivity contribution in [2.45, 2.75) is 63.1 Å². The fourth-order valence-electron chi connectivity index (χ4n) is 4.33. The summed E-state index contributed by atoms with van der Waals surface area (Å²) in [6.45, 7) is 3.64. The van der Waals surface area contributed by atoms with Crippen LogP contribution in [0.25, 0.3) is 0 Å². The molecule has 4 rings (SSSR count). The van der Waals surface area contributed by atoms with Gasteiger partial charge in [0.05, 0.1) is 3.79 Å². The van der Waals surface area contributed by atoms with Crippen LogP contribution in [0.4, 0.5) is 0 Å². The van der Waals surface area contributed by atoms with E-state index in [1.807, 2.05) is 11.3 Å². The van der Waals surface area contributed by atoms with Gasteiger partial charge in [0.2, 0.25) is 0 Å². The minimum absolute atomic E-state index is 0.429. The molecule has 2 nitrogen and oxygen atoms in total. The zero-order valence-corrected chi connectivity index (χ0v) is 15.0. The molecule has 4 heteroatoms. The van der Waals surface area contributed by atoms with E-state index in [-0.39, 0.29) is 0 Å². The molecule has 21 heavy (non-hydrogen) atoms. The summed E-state index contributed by atoms with van der Waals surface area (Å²) in [5, 5.41) is 3.98. The number of nitrogens with zero attached hydrogens (tertiary/aromatic N) is 1. The lowest BCUT2D eigenvalue weighted by Crippen LogP contribution is -2.64. The quantitative estimate of drug-likeness (QED) is 0.850. The summed E-state index contributed by atoms with van der Waals surface area (Å²) in [4.78, 5) is 4.33. The molecule has 0 radical (unpaired) electrons. The molecule has 2 saturated carbocycles. The molecule has 0 amide bonds. The summed E-state index contributed by atoms with van der Waals surface area (Å²) in [7, 11) is 0. The molecule has 3 fully saturated rings. The third-order valence-corrected chi connectivity index (χ3v) is 7.23. The largest absolute Gasteiger partial charge is 0.308 e. The van der Waals surface area contributed by atoms with Crippen LogP contribution in [0.1, 0.15) is 49.8 Å². The third kappa shape index (κ3) is 3.24. The molecule has 3 aliphatic rings. The molecule has 1 spiro atoms. The highest BCUT2D eigenvalue weighted by molar-refractivity contribution is 9.11. The van der Waals surface area contributed by atoms with E-state index in [2.05, 4.69) is 38.3 Å². The van der Waals surface area contributed by atoms with E-state index in [0.717, 1.165) is 18.5 Å². The summed E-state index contributed by atoms with van der Waals surface area (Å²) < 4.78 is 1.27. The van der Waals surface area contributed by atoms with Crippen molar-refractivity contribution in [3.05, 3.63) is 20.8 Å². The minimum Gasteiger partial charge on any atom is -0.308 e. The van der Waals surface area contributed by atoms with E-state index in [4.69, 9.17) is 0 Å². The fourth-order valence-corrected chi connectivity index (χ4v) is 5.84. The van der Waals surface area contributed by atoms with Gasteiger partial charge >= 0.3 is 0 Å². The molecule has 2 aliphatic carbocycles. The summed E-state index contributed by atoms with van der Waals surface area (Å²) in [5.41, 5.74) is 0.429. The Morgan fingerprint density at radius 3 is 2.71 bits per heavy atom. The van der Waals surface area contributed by atoms with Gasteiger partial charge in [0, 0.05) is 36.1 Å². The van der Waals surface area contributed by atoms with Gasteiger partial charge < -0.3 is 5.32 Å². The van der Waals surface area contributed by atoms with E-state index in [0.29, 0.717) is 5.54 Å². The summed E-state index contributed by atoms with van der Waals surface area (Å²) in [6, 6.07) is 5.28. The smallest absolute Gasteiger partial charge is 0.0701 e. The van der Waals surface area contributed by atoms with Crippen LogP contribution < -0.4 is 5.32 Å². The predicted octanol–water partition coefficient (Wildman–Crippen LogP) is 4.40. The number of thiophene rings is 1. The Bertz CT molecular complexity index is 491. The van der Waals surface area contributed by atoms with E-state index in [1.165, 1.54) is 66.7 Å². The van der Waals surface area contributed by atoms with Crippen LogP contribution in [-0.2, 0) is 6.54 Å². The Balaban J connectivity index is 1.50. The normalized spacial score (nSPS) is 29.9. The van der Waals surface area contributed by atoms with Crippen molar-refractivity contribution < 1.29 is 0 Å². The molecule has 0 aromatic carbocycles. The van der Waals surface area contributed by atoms with Crippen LogP contribution in [0.3, 0.4) is 0 Å². The molecule has 1 atom stereocenters. The lowest BCUT2D eigenvalue weighted by atomic mass is 9.79. The van der Waals surface area contributed by atoms with Gasteiger partial charge in [-0.25, -0.2) is 0 Å². The Morgan fingerprint density at radius 1 is 1.24 bits per heavy atom. The van der Waals surface area contributed by atoms with Crippen molar-refractivity contribution in [2.75, 3.05) is 13.1 Å². The van der Waals surface area contributed by atoms with Crippen molar-refractivity contribution in [1.29, 1.82) is 0 Å². The van der Waals surface area contributed by atoms with E-state index in [9.17, 15) is 0 Å². The van der Waals surface area contributed by atoms with Gasteiger partial charge in [-0.3, -0.25) is 4.90 Å². The van der Waals surface area contributed by atoms with Crippen LogP contribution in [0, 0.1) is 5.92 Å². The van der Waals surface area contributed by atoms with Gasteiger partial charge in [0.1, 0.15) is 0 Å². The first kappa shape index (κ1) is 14.7. The van der Waals surface area contributed by atoms with Crippen molar-refractivity contribution in [3.63, 3.8) is 0 Å². The fraction of sp³-hybridized carbons (Fsp3) is 0.765. The highest BCUT2D eigenvalue weighted by Crippen LogP contribution is 2.41. The average molecular weight is 369 g/mol. The lowest BCUT2D eigenvalue weighted by Gasteiger charge is -2.50. The number of hydrogen-bond donors (Lipinski definition) is 1. The Morgan fingerprint density at radius 2 is 2.05 bits per heavy atom. The Hall–Kier alpha value is 0.1000. The van der Waals surface area contributed by atoms with Gasteiger partial charge in [-0.05, 0) is 59.7 Å². The topological polar surface area (TPSA) is 15.3 Å². The molecule has 1 aliphatic heterocycles. The van der Waals surface area contributed by atoms with Gasteiger partial charge in [-0.15, -0.1) is 11.3 Å². The van der Waals surface area contributed by atoms with E-state index in [1.54, 1.807) is 0 Å². The zero-order chi connectivity index (χ0) is 14.3. The van der Waals surface area contributed by atoms with Gasteiger partial charge in [0.25, 0.3) is 0 Å². The maximum absolute atomic E-state index is 3.98. The van der Waals surface area contributed by atoms with Crippen LogP contribution in [0.2, 0.25) is 0 Å². The number of piperazine rings is 1. The van der Waals surface area contributed by atoms with Crippen LogP contribution in [0.15, 0.2) is 15.9 Å². The van der Waals surface area contributed by atoms with E-state index < -0.39 is 0 Å². The molecular weight excluding hydrogens is 344 g/mol. The van der Waals surface area contributed by atoms with Gasteiger partial charge in [-0.2, -0.15) is 0 Å². The van der Waals surface area contributed by atoms with Crippen LogP contribution >= 0.6 is 27.3 Å². The monoisotopic (exact) mass is 368 g/mol. The predicted molar refractivity (Wildman–Crippen MR) is 92.8 cm³/mol. The summed E-state index contributed by atoms with van der Waals surface area (Å²) in [6.07, 6.45) is 9.93. The Kier molecular flexibility index (Phi) is 4.16. The van der Waals surface area contributed by atoms with Crippen molar-refractivity contribution in [3.8, 4) is 0 Å². The SMILES string of the molecule is Brc1ccc(CN2CC3(CCCCC3)NCC2C2CC2)s1.